The first-order valence-electron chi connectivity index (χ1n) is 5.32. The lowest BCUT2D eigenvalue weighted by molar-refractivity contribution is -0.110. The minimum atomic E-state index is -0.366. The smallest absolute Gasteiger partial charge is 0.163 e. The van der Waals surface area contributed by atoms with Gasteiger partial charge in [0.25, 0.3) is 0 Å². The number of nitrogens with zero attached hydrogens (tertiary/aromatic N) is 3. The number of hydrogen-bond donors (Lipinski definition) is 1. The van der Waals surface area contributed by atoms with Crippen LogP contribution in [0, 0.1) is 0 Å². The molecule has 17 heavy (non-hydrogen) atoms. The third-order valence-corrected chi connectivity index (χ3v) is 2.28. The van der Waals surface area contributed by atoms with E-state index in [9.17, 15) is 5.21 Å². The van der Waals surface area contributed by atoms with E-state index in [0.717, 1.165) is 10.6 Å². The Morgan fingerprint density at radius 3 is 2.76 bits per heavy atom. The summed E-state index contributed by atoms with van der Waals surface area (Å²) in [5.41, 5.74) is 1.07. The molecule has 0 saturated carbocycles. The summed E-state index contributed by atoms with van der Waals surface area (Å²) in [6.07, 6.45) is 6.32. The molecule has 1 aromatic heterocycles. The van der Waals surface area contributed by atoms with Crippen LogP contribution in [0.15, 0.2) is 44.9 Å². The number of amidine groups is 1. The van der Waals surface area contributed by atoms with Gasteiger partial charge in [0.2, 0.25) is 0 Å². The van der Waals surface area contributed by atoms with Crippen molar-refractivity contribution < 1.29 is 9.62 Å². The Labute approximate surface area is 99.7 Å². The summed E-state index contributed by atoms with van der Waals surface area (Å²) < 4.78 is 4.96. The van der Waals surface area contributed by atoms with Gasteiger partial charge in [-0.1, -0.05) is 0 Å². The second kappa shape index (κ2) is 4.18. The molecule has 0 atom stereocenters. The van der Waals surface area contributed by atoms with E-state index in [1.165, 1.54) is 0 Å². The first-order valence-corrected chi connectivity index (χ1v) is 5.32. The zero-order valence-corrected chi connectivity index (χ0v) is 10.1. The highest BCUT2D eigenvalue weighted by molar-refractivity contribution is 6.10. The van der Waals surface area contributed by atoms with Crippen LogP contribution in [0.3, 0.4) is 0 Å². The minimum Gasteiger partial charge on any atom is -0.472 e. The average molecular weight is 233 g/mol. The van der Waals surface area contributed by atoms with E-state index in [1.807, 2.05) is 20.8 Å². The van der Waals surface area contributed by atoms with Gasteiger partial charge in [0.05, 0.1) is 29.8 Å². The Balaban J connectivity index is 2.18. The van der Waals surface area contributed by atoms with Crippen LogP contribution < -0.4 is 0 Å². The molecule has 0 fully saturated rings. The second-order valence-electron chi connectivity index (χ2n) is 4.77. The van der Waals surface area contributed by atoms with Crippen LogP contribution in [0.4, 0.5) is 0 Å². The number of aliphatic imine (C=N–C) groups is 2. The molecule has 0 amide bonds. The molecule has 5 heteroatoms. The molecule has 0 unspecified atom stereocenters. The topological polar surface area (TPSA) is 61.3 Å². The normalized spacial score (nSPS) is 17.6. The molecule has 1 aliphatic rings. The summed E-state index contributed by atoms with van der Waals surface area (Å²) in [5.74, 6) is 0.590. The van der Waals surface area contributed by atoms with E-state index in [4.69, 9.17) is 4.42 Å². The number of hydrogen-bond acceptors (Lipinski definition) is 5. The molecule has 1 N–H and O–H groups in total. The maximum absolute atomic E-state index is 9.77. The Kier molecular flexibility index (Phi) is 2.85. The van der Waals surface area contributed by atoms with Gasteiger partial charge in [0, 0.05) is 0 Å². The van der Waals surface area contributed by atoms with Gasteiger partial charge in [-0.15, -0.1) is 0 Å². The monoisotopic (exact) mass is 233 g/mol. The third kappa shape index (κ3) is 2.62. The summed E-state index contributed by atoms with van der Waals surface area (Å²) in [6, 6.07) is 1.79. The molecular formula is C12H15N3O2. The lowest BCUT2D eigenvalue weighted by Gasteiger charge is -2.27. The van der Waals surface area contributed by atoms with Crippen molar-refractivity contribution >= 4 is 12.1 Å². The van der Waals surface area contributed by atoms with E-state index in [1.54, 1.807) is 31.0 Å². The van der Waals surface area contributed by atoms with Crippen LogP contribution in [-0.4, -0.2) is 27.9 Å². The minimum absolute atomic E-state index is 0.366. The number of rotatable bonds is 2. The lowest BCUT2D eigenvalue weighted by Crippen LogP contribution is -2.34. The fourth-order valence-electron chi connectivity index (χ4n) is 1.22. The fourth-order valence-corrected chi connectivity index (χ4v) is 1.22. The molecule has 2 heterocycles. The van der Waals surface area contributed by atoms with E-state index in [0.29, 0.717) is 11.5 Å². The highest BCUT2D eigenvalue weighted by atomic mass is 16.5. The number of allylic oxidation sites excluding steroid dienone is 1. The maximum atomic E-state index is 9.77. The molecule has 1 aromatic rings. The predicted molar refractivity (Wildman–Crippen MR) is 65.2 cm³/mol. The summed E-state index contributed by atoms with van der Waals surface area (Å²) in [6.45, 7) is 5.70. The number of hydroxylamine groups is 2. The summed E-state index contributed by atoms with van der Waals surface area (Å²) in [5, 5.41) is 10.9. The van der Waals surface area contributed by atoms with Gasteiger partial charge in [-0.25, -0.2) is 9.98 Å². The largest absolute Gasteiger partial charge is 0.472 e. The Hall–Kier alpha value is -1.88. The van der Waals surface area contributed by atoms with Crippen LogP contribution in [0.25, 0.3) is 0 Å². The zero-order chi connectivity index (χ0) is 12.5. The summed E-state index contributed by atoms with van der Waals surface area (Å²) >= 11 is 0. The van der Waals surface area contributed by atoms with E-state index < -0.39 is 0 Å². The molecule has 0 aromatic carbocycles. The van der Waals surface area contributed by atoms with Crippen molar-refractivity contribution in [2.24, 2.45) is 9.98 Å². The number of furan rings is 1. The highest BCUT2D eigenvalue weighted by Gasteiger charge is 2.18. The molecule has 0 radical (unpaired) electrons. The second-order valence-corrected chi connectivity index (χ2v) is 4.77. The maximum Gasteiger partial charge on any atom is 0.163 e. The van der Waals surface area contributed by atoms with Crippen molar-refractivity contribution in [1.29, 1.82) is 0 Å². The zero-order valence-electron chi connectivity index (χ0n) is 10.1. The van der Waals surface area contributed by atoms with Crippen LogP contribution in [0.2, 0.25) is 0 Å². The van der Waals surface area contributed by atoms with Crippen molar-refractivity contribution in [3.8, 4) is 0 Å². The van der Waals surface area contributed by atoms with Crippen molar-refractivity contribution in [3.63, 3.8) is 0 Å². The molecule has 0 bridgehead atoms. The van der Waals surface area contributed by atoms with Gasteiger partial charge in [-0.2, -0.15) is 0 Å². The first-order chi connectivity index (χ1) is 7.97. The van der Waals surface area contributed by atoms with Crippen LogP contribution in [0.1, 0.15) is 26.3 Å². The Bertz CT molecular complexity index is 478. The fraction of sp³-hybridized carbons (Fsp3) is 0.333. The predicted octanol–water partition coefficient (Wildman–Crippen LogP) is 2.44. The van der Waals surface area contributed by atoms with Gasteiger partial charge in [0.1, 0.15) is 12.0 Å². The molecular weight excluding hydrogens is 218 g/mol. The van der Waals surface area contributed by atoms with Crippen molar-refractivity contribution in [3.05, 3.63) is 36.1 Å². The van der Waals surface area contributed by atoms with E-state index in [2.05, 4.69) is 9.98 Å². The molecule has 1 aliphatic heterocycles. The molecule has 0 aliphatic carbocycles. The van der Waals surface area contributed by atoms with Crippen LogP contribution in [-0.2, 0) is 0 Å². The van der Waals surface area contributed by atoms with E-state index >= 15 is 0 Å². The average Bonchev–Trinajstić information content (AvgIpc) is 2.83. The Morgan fingerprint density at radius 1 is 1.41 bits per heavy atom. The molecule has 0 saturated heterocycles. The van der Waals surface area contributed by atoms with E-state index in [-0.39, 0.29) is 5.54 Å². The van der Waals surface area contributed by atoms with Gasteiger partial charge < -0.3 is 4.42 Å². The molecule has 90 valence electrons. The van der Waals surface area contributed by atoms with Gasteiger partial charge in [0.15, 0.2) is 5.84 Å². The molecule has 0 spiro atoms. The van der Waals surface area contributed by atoms with Crippen molar-refractivity contribution in [1.82, 2.24) is 5.06 Å². The van der Waals surface area contributed by atoms with Gasteiger partial charge in [-0.3, -0.25) is 10.3 Å². The van der Waals surface area contributed by atoms with Crippen LogP contribution >= 0.6 is 0 Å². The quantitative estimate of drug-likeness (QED) is 0.798. The SMILES string of the molecule is CC(C)(C)N(O)C=C1C=NC(c2ccoc2)=N1. The first kappa shape index (κ1) is 11.6. The summed E-state index contributed by atoms with van der Waals surface area (Å²) in [4.78, 5) is 8.43. The van der Waals surface area contributed by atoms with Crippen LogP contribution in [0.5, 0.6) is 0 Å². The van der Waals surface area contributed by atoms with Gasteiger partial charge >= 0.3 is 0 Å². The summed E-state index contributed by atoms with van der Waals surface area (Å²) in [7, 11) is 0. The lowest BCUT2D eigenvalue weighted by atomic mass is 10.1. The van der Waals surface area contributed by atoms with Crippen molar-refractivity contribution in [2.75, 3.05) is 0 Å². The Morgan fingerprint density at radius 2 is 2.18 bits per heavy atom. The molecule has 5 nitrogen and oxygen atoms in total. The highest BCUT2D eigenvalue weighted by Crippen LogP contribution is 2.16. The third-order valence-electron chi connectivity index (χ3n) is 2.28. The molecule has 2 rings (SSSR count). The standard InChI is InChI=1S/C12H15N3O2/c1-12(2,3)15(16)7-10-6-13-11(14-10)9-4-5-17-8-9/h4-8,16H,1-3H3. The van der Waals surface area contributed by atoms with Gasteiger partial charge in [-0.05, 0) is 26.8 Å². The van der Waals surface area contributed by atoms with Crippen molar-refractivity contribution in [2.45, 2.75) is 26.3 Å².